The Morgan fingerprint density at radius 3 is 0.933 bits per heavy atom. The van der Waals surface area contributed by atoms with E-state index >= 15 is 0 Å². The van der Waals surface area contributed by atoms with Gasteiger partial charge in [-0.1, -0.05) is 20.8 Å². The minimum absolute atomic E-state index is 0.0970. The van der Waals surface area contributed by atoms with Crippen molar-refractivity contribution in [3.63, 3.8) is 0 Å². The van der Waals surface area contributed by atoms with Gasteiger partial charge in [0.05, 0.1) is 17.8 Å². The summed E-state index contributed by atoms with van der Waals surface area (Å²) in [6.45, 7) is 3.06. The highest BCUT2D eigenvalue weighted by Gasteiger charge is 2.26. The highest BCUT2D eigenvalue weighted by molar-refractivity contribution is 5.70. The van der Waals surface area contributed by atoms with E-state index in [9.17, 15) is 44.1 Å². The summed E-state index contributed by atoms with van der Waals surface area (Å²) in [4.78, 5) is 72.6. The Labute approximate surface area is 171 Å². The van der Waals surface area contributed by atoms with Gasteiger partial charge >= 0.3 is 35.0 Å². The molecule has 3 N–H and O–H groups in total. The van der Waals surface area contributed by atoms with E-state index in [1.54, 1.807) is 20.8 Å². The SMILES string of the molecule is CCC(Cn1c(=O)n(CC(CC)C(=O)O)c(=O)n(CC(CC)C(=O)O)c1=O)C(=O)O. The van der Waals surface area contributed by atoms with Crippen molar-refractivity contribution in [2.24, 2.45) is 17.8 Å². The van der Waals surface area contributed by atoms with Gasteiger partial charge in [-0.2, -0.15) is 0 Å². The summed E-state index contributed by atoms with van der Waals surface area (Å²) in [7, 11) is 0. The van der Waals surface area contributed by atoms with Crippen LogP contribution < -0.4 is 17.1 Å². The van der Waals surface area contributed by atoms with Gasteiger partial charge in [0.15, 0.2) is 0 Å². The fraction of sp³-hybridized carbons (Fsp3) is 0.667. The number of aromatic nitrogens is 3. The zero-order chi connectivity index (χ0) is 23.2. The van der Waals surface area contributed by atoms with Crippen LogP contribution in [0.1, 0.15) is 40.0 Å². The maximum Gasteiger partial charge on any atom is 0.336 e. The second-order valence-electron chi connectivity index (χ2n) is 7.01. The lowest BCUT2D eigenvalue weighted by Crippen LogP contribution is -2.56. The molecule has 30 heavy (non-hydrogen) atoms. The molecular formula is C18H27N3O9. The van der Waals surface area contributed by atoms with E-state index in [0.29, 0.717) is 13.7 Å². The fourth-order valence-corrected chi connectivity index (χ4v) is 2.96. The smallest absolute Gasteiger partial charge is 0.336 e. The van der Waals surface area contributed by atoms with Crippen LogP contribution >= 0.6 is 0 Å². The molecule has 3 atom stereocenters. The molecule has 0 saturated carbocycles. The molecule has 1 rings (SSSR count). The molecule has 12 nitrogen and oxygen atoms in total. The first kappa shape index (κ1) is 24.9. The maximum atomic E-state index is 12.8. The molecule has 0 spiro atoms. The second-order valence-corrected chi connectivity index (χ2v) is 7.01. The number of rotatable bonds is 12. The number of aliphatic carboxylic acids is 3. The van der Waals surface area contributed by atoms with Crippen molar-refractivity contribution >= 4 is 17.9 Å². The Bertz CT molecular complexity index is 819. The number of carboxylic acids is 3. The molecule has 0 aliphatic carbocycles. The van der Waals surface area contributed by atoms with Crippen LogP contribution in [0.4, 0.5) is 0 Å². The predicted molar refractivity (Wildman–Crippen MR) is 103 cm³/mol. The molecule has 3 unspecified atom stereocenters. The molecule has 0 radical (unpaired) electrons. The van der Waals surface area contributed by atoms with Crippen molar-refractivity contribution in [2.75, 3.05) is 0 Å². The number of nitrogens with zero attached hydrogens (tertiary/aromatic N) is 3. The monoisotopic (exact) mass is 429 g/mol. The standard InChI is InChI=1S/C18H27N3O9/c1-4-10(13(22)23)7-19-16(28)20(8-11(5-2)14(24)25)18(30)21(17(19)29)9-12(6-3)15(26)27/h10-12H,4-9H2,1-3H3,(H,22,23)(H,24,25)(H,26,27). The quantitative estimate of drug-likeness (QED) is 0.395. The van der Waals surface area contributed by atoms with Crippen molar-refractivity contribution in [3.8, 4) is 0 Å². The summed E-state index contributed by atoms with van der Waals surface area (Å²) in [6, 6.07) is 0. The molecule has 1 aromatic heterocycles. The highest BCUT2D eigenvalue weighted by Crippen LogP contribution is 2.07. The highest BCUT2D eigenvalue weighted by atomic mass is 16.4. The lowest BCUT2D eigenvalue weighted by atomic mass is 10.1. The molecule has 0 amide bonds. The Kier molecular flexibility index (Phi) is 8.75. The lowest BCUT2D eigenvalue weighted by Gasteiger charge is -2.19. The number of hydrogen-bond donors (Lipinski definition) is 3. The van der Waals surface area contributed by atoms with E-state index < -0.39 is 72.4 Å². The molecule has 0 saturated heterocycles. The van der Waals surface area contributed by atoms with Gasteiger partial charge in [-0.25, -0.2) is 28.1 Å². The summed E-state index contributed by atoms with van der Waals surface area (Å²) in [6.07, 6.45) is 0.291. The van der Waals surface area contributed by atoms with E-state index in [4.69, 9.17) is 0 Å². The average Bonchev–Trinajstić information content (AvgIpc) is 2.67. The van der Waals surface area contributed by atoms with Crippen molar-refractivity contribution in [2.45, 2.75) is 59.7 Å². The van der Waals surface area contributed by atoms with Gasteiger partial charge in [0.25, 0.3) is 0 Å². The van der Waals surface area contributed by atoms with Crippen LogP contribution in [0.25, 0.3) is 0 Å². The number of hydrogen-bond acceptors (Lipinski definition) is 6. The van der Waals surface area contributed by atoms with E-state index in [1.165, 1.54) is 0 Å². The summed E-state index contributed by atoms with van der Waals surface area (Å²) >= 11 is 0. The van der Waals surface area contributed by atoms with Crippen LogP contribution in [-0.4, -0.2) is 46.9 Å². The molecule has 0 fully saturated rings. The molecule has 168 valence electrons. The number of carboxylic acid groups (broad SMARTS) is 3. The van der Waals surface area contributed by atoms with Crippen molar-refractivity contribution in [3.05, 3.63) is 31.5 Å². The summed E-state index contributed by atoms with van der Waals surface area (Å²) < 4.78 is 1.69. The van der Waals surface area contributed by atoms with Gasteiger partial charge in [-0.15, -0.1) is 0 Å². The lowest BCUT2D eigenvalue weighted by molar-refractivity contribution is -0.143. The zero-order valence-electron chi connectivity index (χ0n) is 17.1. The minimum atomic E-state index is -1.25. The molecule has 0 bridgehead atoms. The molecule has 1 aromatic rings. The zero-order valence-corrected chi connectivity index (χ0v) is 17.1. The third-order valence-corrected chi connectivity index (χ3v) is 5.12. The normalized spacial score (nSPS) is 14.1. The minimum Gasteiger partial charge on any atom is -0.481 e. The Balaban J connectivity index is 3.75. The molecular weight excluding hydrogens is 402 g/mol. The Hall–Kier alpha value is -3.18. The summed E-state index contributed by atoms with van der Waals surface area (Å²) in [5, 5.41) is 27.8. The van der Waals surface area contributed by atoms with Crippen LogP contribution in [0.5, 0.6) is 0 Å². The van der Waals surface area contributed by atoms with E-state index in [-0.39, 0.29) is 19.3 Å². The van der Waals surface area contributed by atoms with Crippen molar-refractivity contribution in [1.82, 2.24) is 13.7 Å². The van der Waals surface area contributed by atoms with Gasteiger partial charge in [0, 0.05) is 19.6 Å². The molecule has 0 aliphatic rings. The number of carbonyl (C=O) groups is 3. The third-order valence-electron chi connectivity index (χ3n) is 5.12. The van der Waals surface area contributed by atoms with Crippen molar-refractivity contribution in [1.29, 1.82) is 0 Å². The van der Waals surface area contributed by atoms with Crippen LogP contribution in [0.2, 0.25) is 0 Å². The average molecular weight is 429 g/mol. The van der Waals surface area contributed by atoms with E-state index in [0.717, 1.165) is 0 Å². The first-order chi connectivity index (χ1) is 14.0. The van der Waals surface area contributed by atoms with Crippen LogP contribution in [0.15, 0.2) is 14.4 Å². The van der Waals surface area contributed by atoms with Gasteiger partial charge in [0.2, 0.25) is 0 Å². The van der Waals surface area contributed by atoms with Crippen molar-refractivity contribution < 1.29 is 29.7 Å². The third kappa shape index (κ3) is 5.45. The van der Waals surface area contributed by atoms with Gasteiger partial charge < -0.3 is 15.3 Å². The molecule has 0 aromatic carbocycles. The van der Waals surface area contributed by atoms with Gasteiger partial charge in [-0.3, -0.25) is 14.4 Å². The fourth-order valence-electron chi connectivity index (χ4n) is 2.96. The first-order valence-electron chi connectivity index (χ1n) is 9.62. The van der Waals surface area contributed by atoms with Gasteiger partial charge in [0.1, 0.15) is 0 Å². The van der Waals surface area contributed by atoms with Crippen LogP contribution in [0, 0.1) is 17.8 Å². The van der Waals surface area contributed by atoms with E-state index in [2.05, 4.69) is 0 Å². The van der Waals surface area contributed by atoms with Gasteiger partial charge in [-0.05, 0) is 19.3 Å². The molecule has 0 aliphatic heterocycles. The maximum absolute atomic E-state index is 12.8. The van der Waals surface area contributed by atoms with E-state index in [1.807, 2.05) is 0 Å². The first-order valence-corrected chi connectivity index (χ1v) is 9.62. The topological polar surface area (TPSA) is 178 Å². The summed E-state index contributed by atoms with van der Waals surface area (Å²) in [5.41, 5.74) is -3.36. The second kappa shape index (κ2) is 10.6. The predicted octanol–water partition coefficient (Wildman–Crippen LogP) is -0.496. The largest absolute Gasteiger partial charge is 0.481 e. The van der Waals surface area contributed by atoms with Crippen LogP contribution in [0.3, 0.4) is 0 Å². The molecule has 1 heterocycles. The Morgan fingerprint density at radius 1 is 0.600 bits per heavy atom. The Morgan fingerprint density at radius 2 is 0.800 bits per heavy atom. The summed E-state index contributed by atoms with van der Waals surface area (Å²) in [5.74, 6) is -7.04. The van der Waals surface area contributed by atoms with Crippen LogP contribution in [-0.2, 0) is 34.0 Å². The molecule has 12 heteroatoms.